The molecule has 0 aliphatic heterocycles. The van der Waals surface area contributed by atoms with E-state index < -0.39 is 12.0 Å². The summed E-state index contributed by atoms with van der Waals surface area (Å²) in [6, 6.07) is 2.75. The Labute approximate surface area is 123 Å². The van der Waals surface area contributed by atoms with Crippen molar-refractivity contribution in [2.45, 2.75) is 45.6 Å². The van der Waals surface area contributed by atoms with Crippen molar-refractivity contribution in [1.29, 1.82) is 0 Å². The van der Waals surface area contributed by atoms with Crippen LogP contribution >= 0.6 is 0 Å². The number of aliphatic carboxylic acids is 1. The smallest absolute Gasteiger partial charge is 0.303 e. The van der Waals surface area contributed by atoms with Gasteiger partial charge in [0.15, 0.2) is 0 Å². The summed E-state index contributed by atoms with van der Waals surface area (Å²) in [5, 5.41) is 11.3. The molecule has 21 heavy (non-hydrogen) atoms. The van der Waals surface area contributed by atoms with Crippen LogP contribution in [0, 0.1) is 6.92 Å². The number of hydrogen-bond donors (Lipinski definition) is 2. The van der Waals surface area contributed by atoms with Gasteiger partial charge in [0, 0.05) is 25.2 Å². The lowest BCUT2D eigenvalue weighted by Crippen LogP contribution is -2.37. The van der Waals surface area contributed by atoms with Crippen molar-refractivity contribution >= 4 is 11.9 Å². The second-order valence-electron chi connectivity index (χ2n) is 5.04. The molecule has 0 bridgehead atoms. The Bertz CT molecular complexity index is 551. The molecular formula is C15H22N2O4. The molecule has 0 radical (unpaired) electrons. The van der Waals surface area contributed by atoms with Crippen LogP contribution in [-0.2, 0) is 9.59 Å². The Balaban J connectivity index is 2.74. The van der Waals surface area contributed by atoms with Crippen molar-refractivity contribution in [2.24, 2.45) is 0 Å². The molecular weight excluding hydrogens is 272 g/mol. The van der Waals surface area contributed by atoms with Gasteiger partial charge >= 0.3 is 5.97 Å². The summed E-state index contributed by atoms with van der Waals surface area (Å²) in [5.41, 5.74) is 0.655. The highest BCUT2D eigenvalue weighted by molar-refractivity contribution is 5.80. The van der Waals surface area contributed by atoms with Crippen molar-refractivity contribution in [3.05, 3.63) is 34.2 Å². The van der Waals surface area contributed by atoms with Gasteiger partial charge in [-0.2, -0.15) is 0 Å². The number of carbonyl (C=O) groups excluding carboxylic acids is 1. The fourth-order valence-corrected chi connectivity index (χ4v) is 2.09. The van der Waals surface area contributed by atoms with Crippen molar-refractivity contribution in [3.63, 3.8) is 0 Å². The maximum absolute atomic E-state index is 12.2. The van der Waals surface area contributed by atoms with E-state index >= 15 is 0 Å². The number of amides is 1. The van der Waals surface area contributed by atoms with E-state index in [1.54, 1.807) is 12.3 Å². The Kier molecular flexibility index (Phi) is 6.65. The van der Waals surface area contributed by atoms with E-state index in [-0.39, 0.29) is 17.9 Å². The van der Waals surface area contributed by atoms with Crippen LogP contribution in [0.25, 0.3) is 0 Å². The maximum Gasteiger partial charge on any atom is 0.303 e. The Hall–Kier alpha value is -2.11. The number of carboxylic acids is 1. The van der Waals surface area contributed by atoms with Gasteiger partial charge in [0.1, 0.15) is 6.04 Å². The molecule has 0 saturated heterocycles. The molecule has 1 atom stereocenters. The predicted molar refractivity (Wildman–Crippen MR) is 79.3 cm³/mol. The van der Waals surface area contributed by atoms with Gasteiger partial charge in [-0.05, 0) is 31.4 Å². The first kappa shape index (κ1) is 16.9. The normalized spacial score (nSPS) is 11.9. The van der Waals surface area contributed by atoms with E-state index in [9.17, 15) is 14.4 Å². The molecule has 0 spiro atoms. The van der Waals surface area contributed by atoms with Gasteiger partial charge in [0.2, 0.25) is 5.91 Å². The summed E-state index contributed by atoms with van der Waals surface area (Å²) in [6.45, 7) is 4.07. The molecule has 1 aromatic heterocycles. The molecule has 0 aliphatic carbocycles. The van der Waals surface area contributed by atoms with Crippen LogP contribution in [0.3, 0.4) is 0 Å². The number of hydrogen-bond acceptors (Lipinski definition) is 3. The van der Waals surface area contributed by atoms with Gasteiger partial charge in [-0.25, -0.2) is 0 Å². The summed E-state index contributed by atoms with van der Waals surface area (Å²) >= 11 is 0. The summed E-state index contributed by atoms with van der Waals surface area (Å²) in [6.07, 6.45) is 3.36. The van der Waals surface area contributed by atoms with Crippen LogP contribution in [0.2, 0.25) is 0 Å². The van der Waals surface area contributed by atoms with Gasteiger partial charge in [-0.1, -0.05) is 13.3 Å². The number of nitrogens with zero attached hydrogens (tertiary/aromatic N) is 1. The first-order valence-electron chi connectivity index (χ1n) is 7.14. The average Bonchev–Trinajstić information content (AvgIpc) is 2.41. The van der Waals surface area contributed by atoms with E-state index in [0.717, 1.165) is 12.0 Å². The van der Waals surface area contributed by atoms with Crippen LogP contribution in [0.4, 0.5) is 0 Å². The Morgan fingerprint density at radius 2 is 2.14 bits per heavy atom. The molecule has 1 aromatic rings. The molecule has 2 N–H and O–H groups in total. The maximum atomic E-state index is 12.2. The van der Waals surface area contributed by atoms with Gasteiger partial charge in [-0.3, -0.25) is 14.4 Å². The van der Waals surface area contributed by atoms with Crippen LogP contribution in [-0.4, -0.2) is 28.1 Å². The number of rotatable bonds is 8. The molecule has 6 nitrogen and oxygen atoms in total. The second-order valence-corrected chi connectivity index (χ2v) is 5.04. The van der Waals surface area contributed by atoms with Crippen LogP contribution in [0.1, 0.15) is 44.2 Å². The zero-order chi connectivity index (χ0) is 15.8. The van der Waals surface area contributed by atoms with E-state index in [1.807, 2.05) is 13.8 Å². The number of aryl methyl sites for hydroxylation is 1. The molecule has 1 amide bonds. The van der Waals surface area contributed by atoms with Gasteiger partial charge in [0.05, 0.1) is 0 Å². The first-order chi connectivity index (χ1) is 9.95. The van der Waals surface area contributed by atoms with Crippen molar-refractivity contribution in [1.82, 2.24) is 9.88 Å². The highest BCUT2D eigenvalue weighted by Gasteiger charge is 2.19. The minimum atomic E-state index is -0.885. The molecule has 0 fully saturated rings. The zero-order valence-corrected chi connectivity index (χ0v) is 12.5. The lowest BCUT2D eigenvalue weighted by molar-refractivity contribution is -0.137. The Morgan fingerprint density at radius 3 is 2.71 bits per heavy atom. The number of pyridine rings is 1. The van der Waals surface area contributed by atoms with Gasteiger partial charge in [0.25, 0.3) is 5.56 Å². The SMILES string of the molecule is CCCC(C(=O)NCCCC(=O)O)n1ccc(C)cc1=O. The average molecular weight is 294 g/mol. The number of aromatic nitrogens is 1. The third kappa shape index (κ3) is 5.41. The van der Waals surface area contributed by atoms with E-state index in [2.05, 4.69) is 5.32 Å². The lowest BCUT2D eigenvalue weighted by Gasteiger charge is -2.19. The van der Waals surface area contributed by atoms with Crippen molar-refractivity contribution < 1.29 is 14.7 Å². The highest BCUT2D eigenvalue weighted by atomic mass is 16.4. The van der Waals surface area contributed by atoms with Crippen LogP contribution in [0.15, 0.2) is 23.1 Å². The largest absolute Gasteiger partial charge is 0.481 e. The summed E-state index contributed by atoms with van der Waals surface area (Å²) in [5.74, 6) is -1.13. The standard InChI is InChI=1S/C15H22N2O4/c1-3-5-12(15(21)16-8-4-6-14(19)20)17-9-7-11(2)10-13(17)18/h7,9-10,12H,3-6,8H2,1-2H3,(H,16,21)(H,19,20). The monoisotopic (exact) mass is 294 g/mol. The number of carboxylic acid groups (broad SMARTS) is 1. The molecule has 0 aromatic carbocycles. The number of carbonyl (C=O) groups is 2. The number of nitrogens with one attached hydrogen (secondary N) is 1. The molecule has 1 rings (SSSR count). The second kappa shape index (κ2) is 8.24. The van der Waals surface area contributed by atoms with Gasteiger partial charge < -0.3 is 15.0 Å². The predicted octanol–water partition coefficient (Wildman–Crippen LogP) is 1.48. The van der Waals surface area contributed by atoms with Gasteiger partial charge in [-0.15, -0.1) is 0 Å². The van der Waals surface area contributed by atoms with Crippen LogP contribution in [0.5, 0.6) is 0 Å². The van der Waals surface area contributed by atoms with E-state index in [1.165, 1.54) is 10.6 Å². The van der Waals surface area contributed by atoms with Crippen molar-refractivity contribution in [3.8, 4) is 0 Å². The molecule has 0 aliphatic rings. The quantitative estimate of drug-likeness (QED) is 0.711. The minimum absolute atomic E-state index is 0.0171. The molecule has 0 saturated carbocycles. The first-order valence-corrected chi connectivity index (χ1v) is 7.14. The molecule has 116 valence electrons. The highest BCUT2D eigenvalue weighted by Crippen LogP contribution is 2.12. The fraction of sp³-hybridized carbons (Fsp3) is 0.533. The Morgan fingerprint density at radius 1 is 1.43 bits per heavy atom. The molecule has 6 heteroatoms. The fourth-order valence-electron chi connectivity index (χ4n) is 2.09. The molecule has 1 heterocycles. The summed E-state index contributed by atoms with van der Waals surface area (Å²) in [7, 11) is 0. The van der Waals surface area contributed by atoms with E-state index in [4.69, 9.17) is 5.11 Å². The lowest BCUT2D eigenvalue weighted by atomic mass is 10.1. The summed E-state index contributed by atoms with van der Waals surface area (Å²) in [4.78, 5) is 34.6. The van der Waals surface area contributed by atoms with Crippen molar-refractivity contribution in [2.75, 3.05) is 6.54 Å². The van der Waals surface area contributed by atoms with Crippen LogP contribution < -0.4 is 10.9 Å². The topological polar surface area (TPSA) is 88.4 Å². The summed E-state index contributed by atoms with van der Waals surface area (Å²) < 4.78 is 1.43. The third-order valence-electron chi connectivity index (χ3n) is 3.17. The third-order valence-corrected chi connectivity index (χ3v) is 3.17. The minimum Gasteiger partial charge on any atom is -0.481 e. The van der Waals surface area contributed by atoms with E-state index in [0.29, 0.717) is 19.4 Å². The molecule has 1 unspecified atom stereocenters. The zero-order valence-electron chi connectivity index (χ0n) is 12.5.